The zero-order valence-electron chi connectivity index (χ0n) is 12.5. The second-order valence-electron chi connectivity index (χ2n) is 5.53. The van der Waals surface area contributed by atoms with Gasteiger partial charge in [0.15, 0.2) is 5.78 Å². The van der Waals surface area contributed by atoms with Gasteiger partial charge in [-0.25, -0.2) is 0 Å². The number of benzene rings is 1. The Hall–Kier alpha value is -1.61. The second kappa shape index (κ2) is 6.23. The molecule has 0 aromatic heterocycles. The maximum atomic E-state index is 12.6. The largest absolute Gasteiger partial charge is 0.515 e. The molecular weight excluding hydrogens is 250 g/mol. The molecule has 1 aliphatic heterocycles. The highest BCUT2D eigenvalue weighted by Crippen LogP contribution is 2.28. The SMILES string of the molecule is CCc1cc(C)cc(C)c1C(=CO)C(=O)C1CCCN1. The normalized spacial score (nSPS) is 19.4. The molecule has 3 nitrogen and oxygen atoms in total. The number of rotatable bonds is 4. The first-order valence-corrected chi connectivity index (χ1v) is 7.31. The van der Waals surface area contributed by atoms with Gasteiger partial charge < -0.3 is 10.4 Å². The van der Waals surface area contributed by atoms with Crippen molar-refractivity contribution in [3.05, 3.63) is 40.6 Å². The molecule has 1 atom stereocenters. The predicted molar refractivity (Wildman–Crippen MR) is 81.9 cm³/mol. The third-order valence-electron chi connectivity index (χ3n) is 3.98. The van der Waals surface area contributed by atoms with Crippen molar-refractivity contribution in [2.75, 3.05) is 6.54 Å². The molecule has 1 fully saturated rings. The van der Waals surface area contributed by atoms with Gasteiger partial charge in [-0.3, -0.25) is 4.79 Å². The third-order valence-corrected chi connectivity index (χ3v) is 3.98. The van der Waals surface area contributed by atoms with Crippen LogP contribution in [0.4, 0.5) is 0 Å². The van der Waals surface area contributed by atoms with Crippen molar-refractivity contribution < 1.29 is 9.90 Å². The fraction of sp³-hybridized carbons (Fsp3) is 0.471. The minimum atomic E-state index is -0.154. The summed E-state index contributed by atoms with van der Waals surface area (Å²) in [4.78, 5) is 12.6. The van der Waals surface area contributed by atoms with Gasteiger partial charge in [0.1, 0.15) is 0 Å². The molecule has 2 rings (SSSR count). The van der Waals surface area contributed by atoms with Gasteiger partial charge in [-0.15, -0.1) is 0 Å². The van der Waals surface area contributed by atoms with Crippen molar-refractivity contribution in [1.82, 2.24) is 5.32 Å². The monoisotopic (exact) mass is 273 g/mol. The molecule has 2 N–H and O–H groups in total. The summed E-state index contributed by atoms with van der Waals surface area (Å²) in [5.41, 5.74) is 4.70. The number of carbonyl (C=O) groups is 1. The van der Waals surface area contributed by atoms with E-state index in [9.17, 15) is 9.90 Å². The lowest BCUT2D eigenvalue weighted by atomic mass is 9.88. The number of hydrogen-bond acceptors (Lipinski definition) is 3. The Morgan fingerprint density at radius 2 is 2.20 bits per heavy atom. The second-order valence-corrected chi connectivity index (χ2v) is 5.53. The summed E-state index contributed by atoms with van der Waals surface area (Å²) >= 11 is 0. The Balaban J connectivity index is 2.44. The first-order chi connectivity index (χ1) is 9.58. The van der Waals surface area contributed by atoms with Gasteiger partial charge in [0.05, 0.1) is 17.9 Å². The predicted octanol–water partition coefficient (Wildman–Crippen LogP) is 3.09. The Morgan fingerprint density at radius 3 is 2.75 bits per heavy atom. The fourth-order valence-corrected chi connectivity index (χ4v) is 3.07. The van der Waals surface area contributed by atoms with E-state index in [-0.39, 0.29) is 11.8 Å². The highest BCUT2D eigenvalue weighted by molar-refractivity contribution is 6.23. The van der Waals surface area contributed by atoms with E-state index in [4.69, 9.17) is 0 Å². The van der Waals surface area contributed by atoms with Crippen LogP contribution < -0.4 is 5.32 Å². The number of aliphatic hydroxyl groups excluding tert-OH is 1. The Morgan fingerprint density at radius 1 is 1.45 bits per heavy atom. The molecule has 0 aliphatic carbocycles. The Labute approximate surface area is 120 Å². The molecule has 1 saturated heterocycles. The average molecular weight is 273 g/mol. The number of aryl methyl sites for hydroxylation is 3. The van der Waals surface area contributed by atoms with E-state index < -0.39 is 0 Å². The molecule has 1 aromatic rings. The summed E-state index contributed by atoms with van der Waals surface area (Å²) in [7, 11) is 0. The first kappa shape index (κ1) is 14.8. The van der Waals surface area contributed by atoms with E-state index in [0.29, 0.717) is 5.57 Å². The molecule has 20 heavy (non-hydrogen) atoms. The molecule has 0 bridgehead atoms. The third kappa shape index (κ3) is 2.78. The van der Waals surface area contributed by atoms with Gasteiger partial charge in [0.25, 0.3) is 0 Å². The van der Waals surface area contributed by atoms with Crippen molar-refractivity contribution in [2.24, 2.45) is 0 Å². The van der Waals surface area contributed by atoms with Crippen LogP contribution in [0.5, 0.6) is 0 Å². The van der Waals surface area contributed by atoms with Gasteiger partial charge in [-0.1, -0.05) is 24.6 Å². The van der Waals surface area contributed by atoms with Crippen LogP contribution in [0.2, 0.25) is 0 Å². The van der Waals surface area contributed by atoms with E-state index in [1.54, 1.807) is 0 Å². The molecule has 108 valence electrons. The van der Waals surface area contributed by atoms with Gasteiger partial charge in [-0.05, 0) is 56.3 Å². The minimum absolute atomic E-state index is 0.00616. The number of Topliss-reactive ketones (excluding diaryl/α,β-unsaturated/α-hetero) is 1. The summed E-state index contributed by atoms with van der Waals surface area (Å²) < 4.78 is 0. The van der Waals surface area contributed by atoms with E-state index in [1.807, 2.05) is 6.92 Å². The van der Waals surface area contributed by atoms with Crippen LogP contribution in [0.3, 0.4) is 0 Å². The first-order valence-electron chi connectivity index (χ1n) is 7.31. The highest BCUT2D eigenvalue weighted by Gasteiger charge is 2.27. The standard InChI is InChI=1S/C17H23NO2/c1-4-13-9-11(2)8-12(3)16(13)14(10-19)17(20)15-6-5-7-18-15/h8-10,15,18-19H,4-7H2,1-3H3. The van der Waals surface area contributed by atoms with Crippen LogP contribution in [0.25, 0.3) is 5.57 Å². The van der Waals surface area contributed by atoms with Crippen LogP contribution in [0.15, 0.2) is 18.4 Å². The van der Waals surface area contributed by atoms with Gasteiger partial charge in [-0.2, -0.15) is 0 Å². The molecule has 1 unspecified atom stereocenters. The summed E-state index contributed by atoms with van der Waals surface area (Å²) in [6.45, 7) is 7.01. The van der Waals surface area contributed by atoms with E-state index in [2.05, 4.69) is 31.3 Å². The lowest BCUT2D eigenvalue weighted by Gasteiger charge is -2.17. The van der Waals surface area contributed by atoms with Crippen molar-refractivity contribution in [3.63, 3.8) is 0 Å². The summed E-state index contributed by atoms with van der Waals surface area (Å²) in [6, 6.07) is 4.01. The van der Waals surface area contributed by atoms with Crippen molar-refractivity contribution in [1.29, 1.82) is 0 Å². The molecule has 3 heteroatoms. The molecule has 1 heterocycles. The highest BCUT2D eigenvalue weighted by atomic mass is 16.2. The average Bonchev–Trinajstić information content (AvgIpc) is 2.95. The lowest BCUT2D eigenvalue weighted by molar-refractivity contribution is -0.115. The molecule has 1 aliphatic rings. The van der Waals surface area contributed by atoms with E-state index in [1.165, 1.54) is 5.56 Å². The molecule has 0 amide bonds. The van der Waals surface area contributed by atoms with Crippen LogP contribution >= 0.6 is 0 Å². The van der Waals surface area contributed by atoms with Crippen LogP contribution in [-0.4, -0.2) is 23.5 Å². The van der Waals surface area contributed by atoms with Crippen molar-refractivity contribution in [3.8, 4) is 0 Å². The number of hydrogen-bond donors (Lipinski definition) is 2. The molecule has 1 aromatic carbocycles. The Kier molecular flexibility index (Phi) is 4.61. The quantitative estimate of drug-likeness (QED) is 0.654. The maximum Gasteiger partial charge on any atom is 0.183 e. The maximum absolute atomic E-state index is 12.6. The molecule has 0 spiro atoms. The summed E-state index contributed by atoms with van der Waals surface area (Å²) in [6.07, 6.45) is 3.70. The molecule has 0 saturated carbocycles. The Bertz CT molecular complexity index is 540. The van der Waals surface area contributed by atoms with E-state index in [0.717, 1.165) is 48.8 Å². The minimum Gasteiger partial charge on any atom is -0.515 e. The summed E-state index contributed by atoms with van der Waals surface area (Å²) in [5.74, 6) is 0.00616. The zero-order valence-corrected chi connectivity index (χ0v) is 12.5. The van der Waals surface area contributed by atoms with Crippen molar-refractivity contribution in [2.45, 2.75) is 46.1 Å². The van der Waals surface area contributed by atoms with Crippen LogP contribution in [0.1, 0.15) is 42.0 Å². The van der Waals surface area contributed by atoms with E-state index >= 15 is 0 Å². The van der Waals surface area contributed by atoms with Gasteiger partial charge in [0, 0.05) is 0 Å². The summed E-state index contributed by atoms with van der Waals surface area (Å²) in [5, 5.41) is 12.8. The fourth-order valence-electron chi connectivity index (χ4n) is 3.07. The van der Waals surface area contributed by atoms with Gasteiger partial charge >= 0.3 is 0 Å². The zero-order chi connectivity index (χ0) is 14.7. The number of ketones is 1. The topological polar surface area (TPSA) is 49.3 Å². The number of nitrogens with one attached hydrogen (secondary N) is 1. The van der Waals surface area contributed by atoms with Crippen LogP contribution in [-0.2, 0) is 11.2 Å². The molecular formula is C17H23NO2. The number of carbonyl (C=O) groups excluding carboxylic acids is 1. The number of aliphatic hydroxyl groups is 1. The smallest absolute Gasteiger partial charge is 0.183 e. The lowest BCUT2D eigenvalue weighted by Crippen LogP contribution is -2.31. The molecule has 0 radical (unpaired) electrons. The van der Waals surface area contributed by atoms with Gasteiger partial charge in [0.2, 0.25) is 0 Å². The van der Waals surface area contributed by atoms with Crippen molar-refractivity contribution >= 4 is 11.4 Å². The van der Waals surface area contributed by atoms with Crippen LogP contribution in [0, 0.1) is 13.8 Å².